The zero-order chi connectivity index (χ0) is 15.6. The van der Waals surface area contributed by atoms with Crippen LogP contribution in [0.1, 0.15) is 6.92 Å². The number of nitro benzene ring substituents is 1. The number of piperazine rings is 1. The fourth-order valence-electron chi connectivity index (χ4n) is 2.24. The van der Waals surface area contributed by atoms with Gasteiger partial charge in [-0.05, 0) is 13.0 Å². The minimum Gasteiger partial charge on any atom is -0.495 e. The van der Waals surface area contributed by atoms with E-state index >= 15 is 0 Å². The van der Waals surface area contributed by atoms with E-state index in [4.69, 9.17) is 4.74 Å². The molecule has 0 bridgehead atoms. The molecule has 1 fully saturated rings. The van der Waals surface area contributed by atoms with Crippen LogP contribution in [0.25, 0.3) is 0 Å². The van der Waals surface area contributed by atoms with Crippen molar-refractivity contribution in [2.45, 2.75) is 17.9 Å². The number of hydrogen-bond donors (Lipinski definition) is 1. The van der Waals surface area contributed by atoms with E-state index in [-0.39, 0.29) is 34.8 Å². The molecule has 8 nitrogen and oxygen atoms in total. The minimum absolute atomic E-state index is 0. The number of sulfonamides is 1. The van der Waals surface area contributed by atoms with E-state index in [1.807, 2.05) is 6.92 Å². The molecule has 1 aromatic rings. The molecule has 1 N–H and O–H groups in total. The second kappa shape index (κ2) is 7.23. The molecule has 2 rings (SSSR count). The number of hydrogen-bond acceptors (Lipinski definition) is 6. The maximum Gasteiger partial charge on any atom is 0.273 e. The number of non-ortho nitro benzene ring substituents is 1. The Morgan fingerprint density at radius 2 is 2.14 bits per heavy atom. The second-order valence-corrected chi connectivity index (χ2v) is 6.72. The third-order valence-electron chi connectivity index (χ3n) is 3.31. The van der Waals surface area contributed by atoms with Crippen molar-refractivity contribution in [3.05, 3.63) is 28.3 Å². The molecule has 1 aliphatic heterocycles. The van der Waals surface area contributed by atoms with Gasteiger partial charge in [-0.15, -0.1) is 12.4 Å². The summed E-state index contributed by atoms with van der Waals surface area (Å²) < 4.78 is 31.7. The molecule has 1 aromatic carbocycles. The molecule has 1 heterocycles. The standard InChI is InChI=1S/C12H17N3O5S.ClH/c1-9-8-14(6-5-13-9)21(18,19)12-4-3-10(15(16)17)7-11(12)20-2;/h3-4,7,9,13H,5-6,8H2,1-2H3;1H/t9-;/m1./s1. The summed E-state index contributed by atoms with van der Waals surface area (Å²) in [4.78, 5) is 10.1. The SMILES string of the molecule is COc1cc([N+](=O)[O-])ccc1S(=O)(=O)N1CCN[C@H](C)C1.Cl. The lowest BCUT2D eigenvalue weighted by Gasteiger charge is -2.31. The highest BCUT2D eigenvalue weighted by Gasteiger charge is 2.31. The first-order valence-electron chi connectivity index (χ1n) is 6.42. The van der Waals surface area contributed by atoms with Gasteiger partial charge >= 0.3 is 0 Å². The van der Waals surface area contributed by atoms with Gasteiger partial charge in [0.2, 0.25) is 10.0 Å². The van der Waals surface area contributed by atoms with Crippen LogP contribution in [-0.4, -0.2) is 50.4 Å². The van der Waals surface area contributed by atoms with Crippen LogP contribution in [0.4, 0.5) is 5.69 Å². The number of benzene rings is 1. The van der Waals surface area contributed by atoms with E-state index in [0.717, 1.165) is 6.07 Å². The van der Waals surface area contributed by atoms with Crippen LogP contribution in [0, 0.1) is 10.1 Å². The monoisotopic (exact) mass is 351 g/mol. The lowest BCUT2D eigenvalue weighted by Crippen LogP contribution is -2.51. The molecular formula is C12H18ClN3O5S. The summed E-state index contributed by atoms with van der Waals surface area (Å²) in [6.45, 7) is 3.17. The molecule has 0 aromatic heterocycles. The van der Waals surface area contributed by atoms with Crippen LogP contribution in [0.2, 0.25) is 0 Å². The Morgan fingerprint density at radius 3 is 2.68 bits per heavy atom. The Morgan fingerprint density at radius 1 is 1.45 bits per heavy atom. The van der Waals surface area contributed by atoms with Crippen LogP contribution in [0.5, 0.6) is 5.75 Å². The topological polar surface area (TPSA) is 102 Å². The Balaban J connectivity index is 0.00000242. The molecule has 0 aliphatic carbocycles. The summed E-state index contributed by atoms with van der Waals surface area (Å²) in [5, 5.41) is 13.9. The van der Waals surface area contributed by atoms with Crippen molar-refractivity contribution < 1.29 is 18.1 Å². The summed E-state index contributed by atoms with van der Waals surface area (Å²) in [5.74, 6) is -0.0182. The van der Waals surface area contributed by atoms with E-state index in [0.29, 0.717) is 19.6 Å². The van der Waals surface area contributed by atoms with Crippen molar-refractivity contribution in [2.75, 3.05) is 26.7 Å². The van der Waals surface area contributed by atoms with Crippen LogP contribution in [0.15, 0.2) is 23.1 Å². The average molecular weight is 352 g/mol. The van der Waals surface area contributed by atoms with Crippen LogP contribution in [0.3, 0.4) is 0 Å². The molecule has 1 aliphatic rings. The quantitative estimate of drug-likeness (QED) is 0.641. The van der Waals surface area contributed by atoms with Gasteiger partial charge in [-0.2, -0.15) is 4.31 Å². The zero-order valence-corrected chi connectivity index (χ0v) is 13.8. The first-order chi connectivity index (χ1) is 9.86. The number of nitro groups is 1. The third kappa shape index (κ3) is 3.67. The fourth-order valence-corrected chi connectivity index (χ4v) is 3.90. The largest absolute Gasteiger partial charge is 0.495 e. The number of rotatable bonds is 4. The minimum atomic E-state index is -3.73. The number of nitrogens with one attached hydrogen (secondary N) is 1. The normalized spacial score (nSPS) is 19.3. The van der Waals surface area contributed by atoms with Crippen LogP contribution in [-0.2, 0) is 10.0 Å². The lowest BCUT2D eigenvalue weighted by atomic mass is 10.3. The number of ether oxygens (including phenoxy) is 1. The molecule has 22 heavy (non-hydrogen) atoms. The highest BCUT2D eigenvalue weighted by molar-refractivity contribution is 7.89. The maximum absolute atomic E-state index is 12.6. The van der Waals surface area contributed by atoms with Crippen molar-refractivity contribution in [1.29, 1.82) is 0 Å². The predicted octanol–water partition coefficient (Wildman–Crippen LogP) is 1.01. The average Bonchev–Trinajstić information content (AvgIpc) is 2.46. The highest BCUT2D eigenvalue weighted by atomic mass is 35.5. The molecule has 0 amide bonds. The summed E-state index contributed by atoms with van der Waals surface area (Å²) in [6.07, 6.45) is 0. The number of methoxy groups -OCH3 is 1. The Bertz CT molecular complexity index is 652. The lowest BCUT2D eigenvalue weighted by molar-refractivity contribution is -0.385. The van der Waals surface area contributed by atoms with Crippen molar-refractivity contribution in [3.63, 3.8) is 0 Å². The Hall–Kier alpha value is -1.42. The molecule has 1 saturated heterocycles. The molecule has 0 radical (unpaired) electrons. The summed E-state index contributed by atoms with van der Waals surface area (Å²) in [7, 11) is -2.44. The highest BCUT2D eigenvalue weighted by Crippen LogP contribution is 2.30. The zero-order valence-electron chi connectivity index (χ0n) is 12.2. The molecule has 10 heteroatoms. The van der Waals surface area contributed by atoms with Gasteiger partial charge < -0.3 is 10.1 Å². The van der Waals surface area contributed by atoms with Gasteiger partial charge in [0.15, 0.2) is 0 Å². The maximum atomic E-state index is 12.6. The molecule has 0 spiro atoms. The van der Waals surface area contributed by atoms with Gasteiger partial charge in [0, 0.05) is 31.7 Å². The number of nitrogens with zero attached hydrogens (tertiary/aromatic N) is 2. The van der Waals surface area contributed by atoms with E-state index in [2.05, 4.69) is 5.32 Å². The Kier molecular flexibility index (Phi) is 6.12. The molecule has 0 unspecified atom stereocenters. The van der Waals surface area contributed by atoms with Gasteiger partial charge in [0.05, 0.1) is 18.1 Å². The van der Waals surface area contributed by atoms with Gasteiger partial charge in [0.25, 0.3) is 5.69 Å². The van der Waals surface area contributed by atoms with Crippen molar-refractivity contribution in [1.82, 2.24) is 9.62 Å². The summed E-state index contributed by atoms with van der Waals surface area (Å²) >= 11 is 0. The second-order valence-electron chi connectivity index (χ2n) is 4.81. The fraction of sp³-hybridized carbons (Fsp3) is 0.500. The smallest absolute Gasteiger partial charge is 0.273 e. The first kappa shape index (κ1) is 18.6. The molecule has 124 valence electrons. The van der Waals surface area contributed by atoms with Gasteiger partial charge in [0.1, 0.15) is 10.6 Å². The number of halogens is 1. The van der Waals surface area contributed by atoms with Gasteiger partial charge in [-0.25, -0.2) is 8.42 Å². The van der Waals surface area contributed by atoms with E-state index < -0.39 is 14.9 Å². The first-order valence-corrected chi connectivity index (χ1v) is 7.86. The van der Waals surface area contributed by atoms with Gasteiger partial charge in [-0.3, -0.25) is 10.1 Å². The van der Waals surface area contributed by atoms with Crippen LogP contribution < -0.4 is 10.1 Å². The Labute approximate surface area is 135 Å². The van der Waals surface area contributed by atoms with Crippen molar-refractivity contribution in [2.24, 2.45) is 0 Å². The summed E-state index contributed by atoms with van der Waals surface area (Å²) in [5.41, 5.74) is -0.209. The van der Waals surface area contributed by atoms with Crippen molar-refractivity contribution in [3.8, 4) is 5.75 Å². The van der Waals surface area contributed by atoms with E-state index in [1.54, 1.807) is 0 Å². The summed E-state index contributed by atoms with van der Waals surface area (Å²) in [6, 6.07) is 3.57. The van der Waals surface area contributed by atoms with Crippen molar-refractivity contribution >= 4 is 28.1 Å². The predicted molar refractivity (Wildman–Crippen MR) is 83.1 cm³/mol. The van der Waals surface area contributed by atoms with E-state index in [9.17, 15) is 18.5 Å². The molecule has 1 atom stereocenters. The van der Waals surface area contributed by atoms with Gasteiger partial charge in [-0.1, -0.05) is 0 Å². The van der Waals surface area contributed by atoms with E-state index in [1.165, 1.54) is 23.5 Å². The van der Waals surface area contributed by atoms with Crippen LogP contribution >= 0.6 is 12.4 Å². The third-order valence-corrected chi connectivity index (χ3v) is 5.21. The molecule has 0 saturated carbocycles. The molecular weight excluding hydrogens is 334 g/mol.